The summed E-state index contributed by atoms with van der Waals surface area (Å²) >= 11 is 1.73. The third-order valence-electron chi connectivity index (χ3n) is 3.98. The first-order valence-corrected chi connectivity index (χ1v) is 7.34. The molecule has 0 radical (unpaired) electrons. The summed E-state index contributed by atoms with van der Waals surface area (Å²) < 4.78 is 0. The van der Waals surface area contributed by atoms with Crippen molar-refractivity contribution < 1.29 is 0 Å². The minimum absolute atomic E-state index is 0.291. The molecule has 0 bridgehead atoms. The van der Waals surface area contributed by atoms with Crippen molar-refractivity contribution in [2.24, 2.45) is 5.41 Å². The predicted octanol–water partition coefficient (Wildman–Crippen LogP) is 3.61. The van der Waals surface area contributed by atoms with Gasteiger partial charge in [-0.05, 0) is 37.8 Å². The van der Waals surface area contributed by atoms with Crippen LogP contribution in [-0.2, 0) is 19.3 Å². The molecule has 0 spiro atoms. The Kier molecular flexibility index (Phi) is 2.91. The molecule has 96 valence electrons. The molecule has 1 heterocycles. The van der Waals surface area contributed by atoms with Crippen LogP contribution in [0.15, 0.2) is 24.3 Å². The lowest BCUT2D eigenvalue weighted by molar-refractivity contribution is 0.417. The van der Waals surface area contributed by atoms with E-state index < -0.39 is 0 Å². The lowest BCUT2D eigenvalue weighted by atomic mass is 9.83. The van der Waals surface area contributed by atoms with Gasteiger partial charge in [0.25, 0.3) is 0 Å². The van der Waals surface area contributed by atoms with E-state index in [1.807, 2.05) is 6.92 Å². The molecule has 1 aliphatic carbocycles. The van der Waals surface area contributed by atoms with Gasteiger partial charge in [0, 0.05) is 11.3 Å². The molecule has 0 saturated carbocycles. The molecule has 0 amide bonds. The second-order valence-electron chi connectivity index (χ2n) is 5.44. The van der Waals surface area contributed by atoms with Gasteiger partial charge in [-0.15, -0.1) is 11.3 Å². The highest BCUT2D eigenvalue weighted by atomic mass is 32.1. The molecule has 0 unspecified atom stereocenters. The van der Waals surface area contributed by atoms with E-state index in [9.17, 15) is 5.26 Å². The molecule has 2 nitrogen and oxygen atoms in total. The highest BCUT2D eigenvalue weighted by molar-refractivity contribution is 7.11. The van der Waals surface area contributed by atoms with Crippen molar-refractivity contribution in [2.75, 3.05) is 0 Å². The Balaban J connectivity index is 1.89. The molecule has 0 saturated heterocycles. The number of rotatable bonds is 2. The molecular weight excluding hydrogens is 252 g/mol. The summed E-state index contributed by atoms with van der Waals surface area (Å²) in [5.41, 5.74) is 3.46. The monoisotopic (exact) mass is 268 g/mol. The first-order chi connectivity index (χ1) is 9.12. The minimum atomic E-state index is -0.291. The van der Waals surface area contributed by atoms with Gasteiger partial charge < -0.3 is 0 Å². The second-order valence-corrected chi connectivity index (χ2v) is 6.73. The number of benzene rings is 1. The van der Waals surface area contributed by atoms with E-state index in [1.165, 1.54) is 16.0 Å². The van der Waals surface area contributed by atoms with Crippen molar-refractivity contribution in [3.05, 3.63) is 51.0 Å². The molecule has 1 aromatic carbocycles. The molecule has 19 heavy (non-hydrogen) atoms. The Bertz CT molecular complexity index is 619. The smallest absolute Gasteiger partial charge is 0.0947 e. The number of aryl methyl sites for hydroxylation is 2. The van der Waals surface area contributed by atoms with E-state index in [0.29, 0.717) is 0 Å². The van der Waals surface area contributed by atoms with Crippen LogP contribution < -0.4 is 0 Å². The molecule has 0 aliphatic heterocycles. The highest BCUT2D eigenvalue weighted by Gasteiger charge is 2.38. The summed E-state index contributed by atoms with van der Waals surface area (Å²) in [7, 11) is 0. The third-order valence-corrected chi connectivity index (χ3v) is 5.05. The Morgan fingerprint density at radius 1 is 1.26 bits per heavy atom. The van der Waals surface area contributed by atoms with Gasteiger partial charge in [0.05, 0.1) is 22.2 Å². The van der Waals surface area contributed by atoms with Gasteiger partial charge in [-0.25, -0.2) is 4.98 Å². The van der Waals surface area contributed by atoms with Crippen molar-refractivity contribution in [3.8, 4) is 6.07 Å². The van der Waals surface area contributed by atoms with Crippen LogP contribution in [0.2, 0.25) is 0 Å². The van der Waals surface area contributed by atoms with E-state index >= 15 is 0 Å². The predicted molar refractivity (Wildman–Crippen MR) is 77.2 cm³/mol. The van der Waals surface area contributed by atoms with Gasteiger partial charge in [0.15, 0.2) is 0 Å². The molecule has 2 aromatic rings. The molecular formula is C16H16N2S. The Hall–Kier alpha value is -1.66. The highest BCUT2D eigenvalue weighted by Crippen LogP contribution is 2.39. The van der Waals surface area contributed by atoms with Crippen molar-refractivity contribution >= 4 is 11.3 Å². The van der Waals surface area contributed by atoms with E-state index in [2.05, 4.69) is 42.2 Å². The molecule has 0 N–H and O–H groups in total. The Morgan fingerprint density at radius 3 is 2.37 bits per heavy atom. The van der Waals surface area contributed by atoms with Crippen LogP contribution in [0.1, 0.15) is 26.7 Å². The standard InChI is InChI=1S/C16H16N2S/c1-11-12(2)19-15(18-11)9-16(10-17)7-13-5-3-4-6-14(13)8-16/h3-6H,7-9H2,1-2H3. The van der Waals surface area contributed by atoms with E-state index in [1.54, 1.807) is 11.3 Å². The van der Waals surface area contributed by atoms with Gasteiger partial charge in [0.1, 0.15) is 0 Å². The van der Waals surface area contributed by atoms with E-state index in [-0.39, 0.29) is 5.41 Å². The Labute approximate surface area is 117 Å². The summed E-state index contributed by atoms with van der Waals surface area (Å²) in [5, 5.41) is 10.8. The molecule has 0 fully saturated rings. The van der Waals surface area contributed by atoms with Crippen molar-refractivity contribution in [2.45, 2.75) is 33.1 Å². The summed E-state index contributed by atoms with van der Waals surface area (Å²) in [4.78, 5) is 5.86. The van der Waals surface area contributed by atoms with Crippen LogP contribution in [-0.4, -0.2) is 4.98 Å². The number of hydrogen-bond donors (Lipinski definition) is 0. The van der Waals surface area contributed by atoms with Crippen LogP contribution in [0.3, 0.4) is 0 Å². The summed E-state index contributed by atoms with van der Waals surface area (Å²) in [5.74, 6) is 0. The van der Waals surface area contributed by atoms with Gasteiger partial charge in [-0.2, -0.15) is 5.26 Å². The molecule has 3 rings (SSSR count). The fraction of sp³-hybridized carbons (Fsp3) is 0.375. The Morgan fingerprint density at radius 2 is 1.89 bits per heavy atom. The van der Waals surface area contributed by atoms with Crippen LogP contribution in [0.4, 0.5) is 0 Å². The lowest BCUT2D eigenvalue weighted by Crippen LogP contribution is -2.22. The molecule has 1 aromatic heterocycles. The van der Waals surface area contributed by atoms with Crippen LogP contribution in [0, 0.1) is 30.6 Å². The van der Waals surface area contributed by atoms with E-state index in [4.69, 9.17) is 0 Å². The number of fused-ring (bicyclic) bond motifs is 1. The third kappa shape index (κ3) is 2.17. The van der Waals surface area contributed by atoms with Crippen LogP contribution in [0.5, 0.6) is 0 Å². The van der Waals surface area contributed by atoms with Crippen LogP contribution >= 0.6 is 11.3 Å². The van der Waals surface area contributed by atoms with Gasteiger partial charge in [-0.1, -0.05) is 24.3 Å². The first-order valence-electron chi connectivity index (χ1n) is 6.53. The SMILES string of the molecule is Cc1nc(CC2(C#N)Cc3ccccc3C2)sc1C. The summed E-state index contributed by atoms with van der Waals surface area (Å²) in [6.07, 6.45) is 2.49. The number of nitrogens with zero attached hydrogens (tertiary/aromatic N) is 2. The van der Waals surface area contributed by atoms with Crippen molar-refractivity contribution in [3.63, 3.8) is 0 Å². The fourth-order valence-corrected chi connectivity index (χ4v) is 3.92. The zero-order valence-corrected chi connectivity index (χ0v) is 12.0. The number of thiazole rings is 1. The fourth-order valence-electron chi connectivity index (χ4n) is 2.84. The molecule has 0 atom stereocenters. The topological polar surface area (TPSA) is 36.7 Å². The number of nitriles is 1. The zero-order chi connectivity index (χ0) is 13.5. The van der Waals surface area contributed by atoms with Gasteiger partial charge >= 0.3 is 0 Å². The number of aromatic nitrogens is 1. The van der Waals surface area contributed by atoms with Gasteiger partial charge in [0.2, 0.25) is 0 Å². The maximum atomic E-state index is 9.65. The molecule has 1 aliphatic rings. The number of hydrogen-bond acceptors (Lipinski definition) is 3. The zero-order valence-electron chi connectivity index (χ0n) is 11.2. The minimum Gasteiger partial charge on any atom is -0.246 e. The lowest BCUT2D eigenvalue weighted by Gasteiger charge is -2.18. The maximum absolute atomic E-state index is 9.65. The largest absolute Gasteiger partial charge is 0.246 e. The second kappa shape index (κ2) is 4.47. The average Bonchev–Trinajstić information content (AvgIpc) is 2.90. The normalized spacial score (nSPS) is 16.1. The van der Waals surface area contributed by atoms with E-state index in [0.717, 1.165) is 30.0 Å². The first kappa shape index (κ1) is 12.4. The summed E-state index contributed by atoms with van der Waals surface area (Å²) in [6.45, 7) is 4.14. The maximum Gasteiger partial charge on any atom is 0.0947 e. The van der Waals surface area contributed by atoms with Crippen molar-refractivity contribution in [1.29, 1.82) is 5.26 Å². The average molecular weight is 268 g/mol. The van der Waals surface area contributed by atoms with Crippen LogP contribution in [0.25, 0.3) is 0 Å². The van der Waals surface area contributed by atoms with Gasteiger partial charge in [-0.3, -0.25) is 0 Å². The summed E-state index contributed by atoms with van der Waals surface area (Å²) in [6, 6.07) is 11.0. The quantitative estimate of drug-likeness (QED) is 0.834. The molecule has 3 heteroatoms. The van der Waals surface area contributed by atoms with Crippen molar-refractivity contribution in [1.82, 2.24) is 4.98 Å².